The molecule has 74 valence electrons. The molecule has 2 rings (SSSR count). The predicted molar refractivity (Wildman–Crippen MR) is 61.2 cm³/mol. The number of benzene rings is 1. The van der Waals surface area contributed by atoms with Crippen LogP contribution in [-0.2, 0) is 6.54 Å². The van der Waals surface area contributed by atoms with Crippen LogP contribution in [0.3, 0.4) is 0 Å². The SMILES string of the molecule is CN(C)Cc1nc2c(Br)cccc2[nH]1. The molecule has 0 unspecified atom stereocenters. The van der Waals surface area contributed by atoms with Crippen LogP contribution < -0.4 is 0 Å². The lowest BCUT2D eigenvalue weighted by Crippen LogP contribution is -2.11. The molecular weight excluding hydrogens is 242 g/mol. The first kappa shape index (κ1) is 9.68. The second-order valence-electron chi connectivity index (χ2n) is 3.56. The van der Waals surface area contributed by atoms with Crippen LogP contribution in [0.15, 0.2) is 22.7 Å². The number of nitrogens with one attached hydrogen (secondary N) is 1. The van der Waals surface area contributed by atoms with Gasteiger partial charge in [0.1, 0.15) is 11.3 Å². The van der Waals surface area contributed by atoms with Gasteiger partial charge in [-0.1, -0.05) is 6.07 Å². The van der Waals surface area contributed by atoms with Gasteiger partial charge in [-0.15, -0.1) is 0 Å². The van der Waals surface area contributed by atoms with Crippen LogP contribution in [0.4, 0.5) is 0 Å². The van der Waals surface area contributed by atoms with Crippen molar-refractivity contribution in [1.82, 2.24) is 14.9 Å². The molecule has 0 radical (unpaired) electrons. The van der Waals surface area contributed by atoms with Crippen molar-refractivity contribution >= 4 is 27.0 Å². The Balaban J connectivity index is 2.46. The van der Waals surface area contributed by atoms with Gasteiger partial charge in [0.25, 0.3) is 0 Å². The summed E-state index contributed by atoms with van der Waals surface area (Å²) in [6.45, 7) is 0.834. The number of halogens is 1. The highest BCUT2D eigenvalue weighted by Crippen LogP contribution is 2.21. The molecule has 4 heteroatoms. The van der Waals surface area contributed by atoms with Gasteiger partial charge in [0.15, 0.2) is 0 Å². The smallest absolute Gasteiger partial charge is 0.121 e. The van der Waals surface area contributed by atoms with E-state index < -0.39 is 0 Å². The summed E-state index contributed by atoms with van der Waals surface area (Å²) < 4.78 is 1.04. The first-order valence-corrected chi connectivity index (χ1v) is 5.24. The van der Waals surface area contributed by atoms with Crippen molar-refractivity contribution in [2.75, 3.05) is 14.1 Å². The third kappa shape index (κ3) is 1.81. The van der Waals surface area contributed by atoms with Crippen LogP contribution >= 0.6 is 15.9 Å². The topological polar surface area (TPSA) is 31.9 Å². The Hall–Kier alpha value is -0.870. The largest absolute Gasteiger partial charge is 0.341 e. The zero-order valence-corrected chi connectivity index (χ0v) is 9.80. The Labute approximate surface area is 91.3 Å². The lowest BCUT2D eigenvalue weighted by atomic mass is 10.3. The lowest BCUT2D eigenvalue weighted by Gasteiger charge is -2.04. The average molecular weight is 254 g/mol. The second-order valence-corrected chi connectivity index (χ2v) is 4.41. The summed E-state index contributed by atoms with van der Waals surface area (Å²) in [5.41, 5.74) is 2.08. The molecule has 1 N–H and O–H groups in total. The van der Waals surface area contributed by atoms with Gasteiger partial charge < -0.3 is 9.88 Å². The van der Waals surface area contributed by atoms with Crippen LogP contribution in [-0.4, -0.2) is 29.0 Å². The first-order chi connectivity index (χ1) is 6.66. The molecule has 1 aromatic heterocycles. The highest BCUT2D eigenvalue weighted by atomic mass is 79.9. The minimum absolute atomic E-state index is 0.834. The van der Waals surface area contributed by atoms with Crippen LogP contribution in [0.2, 0.25) is 0 Å². The first-order valence-electron chi connectivity index (χ1n) is 4.44. The van der Waals surface area contributed by atoms with Gasteiger partial charge in [-0.05, 0) is 42.2 Å². The molecule has 0 spiro atoms. The normalized spacial score (nSPS) is 11.4. The molecule has 0 aliphatic heterocycles. The summed E-state index contributed by atoms with van der Waals surface area (Å²) in [6, 6.07) is 6.04. The number of nitrogens with zero attached hydrogens (tertiary/aromatic N) is 2. The molecule has 14 heavy (non-hydrogen) atoms. The van der Waals surface area contributed by atoms with Gasteiger partial charge in [0.2, 0.25) is 0 Å². The Morgan fingerprint density at radius 3 is 2.86 bits per heavy atom. The number of aromatic nitrogens is 2. The van der Waals surface area contributed by atoms with Gasteiger partial charge in [-0.25, -0.2) is 4.98 Å². The van der Waals surface area contributed by atoms with E-state index in [1.165, 1.54) is 0 Å². The number of rotatable bonds is 2. The summed E-state index contributed by atoms with van der Waals surface area (Å²) >= 11 is 3.48. The zero-order valence-electron chi connectivity index (χ0n) is 8.21. The van der Waals surface area contributed by atoms with E-state index in [2.05, 4.69) is 30.8 Å². The summed E-state index contributed by atoms with van der Waals surface area (Å²) in [5, 5.41) is 0. The molecule has 0 amide bonds. The highest BCUT2D eigenvalue weighted by Gasteiger charge is 2.05. The van der Waals surface area contributed by atoms with Gasteiger partial charge in [0, 0.05) is 4.47 Å². The maximum Gasteiger partial charge on any atom is 0.121 e. The van der Waals surface area contributed by atoms with Crippen molar-refractivity contribution in [2.45, 2.75) is 6.54 Å². The molecule has 0 bridgehead atoms. The number of aromatic amines is 1. The minimum Gasteiger partial charge on any atom is -0.341 e. The van der Waals surface area contributed by atoms with E-state index in [0.717, 1.165) is 27.9 Å². The number of H-pyrrole nitrogens is 1. The summed E-state index contributed by atoms with van der Waals surface area (Å²) in [6.07, 6.45) is 0. The maximum absolute atomic E-state index is 4.51. The quantitative estimate of drug-likeness (QED) is 0.892. The Bertz CT molecular complexity index is 448. The lowest BCUT2D eigenvalue weighted by molar-refractivity contribution is 0.392. The molecule has 3 nitrogen and oxygen atoms in total. The van der Waals surface area contributed by atoms with E-state index >= 15 is 0 Å². The van der Waals surface area contributed by atoms with E-state index in [1.54, 1.807) is 0 Å². The molecule has 0 aliphatic rings. The molecule has 0 atom stereocenters. The highest BCUT2D eigenvalue weighted by molar-refractivity contribution is 9.10. The van der Waals surface area contributed by atoms with Crippen molar-refractivity contribution in [3.05, 3.63) is 28.5 Å². The maximum atomic E-state index is 4.51. The monoisotopic (exact) mass is 253 g/mol. The third-order valence-corrected chi connectivity index (χ3v) is 2.62. The summed E-state index contributed by atoms with van der Waals surface area (Å²) in [5.74, 6) is 0.997. The molecule has 1 heterocycles. The predicted octanol–water partition coefficient (Wildman–Crippen LogP) is 2.39. The fraction of sp³-hybridized carbons (Fsp3) is 0.300. The fourth-order valence-corrected chi connectivity index (χ4v) is 1.88. The molecule has 0 saturated heterocycles. The number of hydrogen-bond donors (Lipinski definition) is 1. The average Bonchev–Trinajstić information content (AvgIpc) is 2.47. The van der Waals surface area contributed by atoms with Crippen molar-refractivity contribution in [2.24, 2.45) is 0 Å². The number of fused-ring (bicyclic) bond motifs is 1. The Kier molecular flexibility index (Phi) is 2.56. The number of imidazole rings is 1. The molecular formula is C10H12BrN3. The van der Waals surface area contributed by atoms with Crippen molar-refractivity contribution in [3.63, 3.8) is 0 Å². The second kappa shape index (κ2) is 3.71. The molecule has 0 saturated carbocycles. The van der Waals surface area contributed by atoms with Gasteiger partial charge in [-0.2, -0.15) is 0 Å². The van der Waals surface area contributed by atoms with Gasteiger partial charge in [-0.3, -0.25) is 0 Å². The van der Waals surface area contributed by atoms with Crippen LogP contribution in [0.25, 0.3) is 11.0 Å². The van der Waals surface area contributed by atoms with E-state index in [4.69, 9.17) is 0 Å². The standard InChI is InChI=1S/C10H12BrN3/c1-14(2)6-9-12-8-5-3-4-7(11)10(8)13-9/h3-5H,6H2,1-2H3,(H,12,13). The zero-order chi connectivity index (χ0) is 10.1. The Morgan fingerprint density at radius 1 is 1.43 bits per heavy atom. The molecule has 1 aromatic carbocycles. The van der Waals surface area contributed by atoms with Crippen LogP contribution in [0.1, 0.15) is 5.82 Å². The number of hydrogen-bond acceptors (Lipinski definition) is 2. The minimum atomic E-state index is 0.834. The van der Waals surface area contributed by atoms with E-state index in [1.807, 2.05) is 32.3 Å². The molecule has 2 aromatic rings. The van der Waals surface area contributed by atoms with Gasteiger partial charge >= 0.3 is 0 Å². The molecule has 0 aliphatic carbocycles. The molecule has 0 fully saturated rings. The van der Waals surface area contributed by atoms with Crippen molar-refractivity contribution in [3.8, 4) is 0 Å². The summed E-state index contributed by atoms with van der Waals surface area (Å²) in [7, 11) is 4.06. The van der Waals surface area contributed by atoms with Gasteiger partial charge in [0.05, 0.1) is 12.1 Å². The Morgan fingerprint density at radius 2 is 2.21 bits per heavy atom. The van der Waals surface area contributed by atoms with Crippen molar-refractivity contribution < 1.29 is 0 Å². The van der Waals surface area contributed by atoms with Crippen LogP contribution in [0.5, 0.6) is 0 Å². The third-order valence-electron chi connectivity index (χ3n) is 1.98. The summed E-state index contributed by atoms with van der Waals surface area (Å²) in [4.78, 5) is 9.88. The van der Waals surface area contributed by atoms with E-state index in [-0.39, 0.29) is 0 Å². The van der Waals surface area contributed by atoms with E-state index in [0.29, 0.717) is 0 Å². The fourth-order valence-electron chi connectivity index (χ4n) is 1.42. The van der Waals surface area contributed by atoms with Crippen LogP contribution in [0, 0.1) is 0 Å². The van der Waals surface area contributed by atoms with Crippen molar-refractivity contribution in [1.29, 1.82) is 0 Å². The van der Waals surface area contributed by atoms with E-state index in [9.17, 15) is 0 Å². The number of para-hydroxylation sites is 1.